The standard InChI is InChI=1S/C14H21NO3/c1-4-10(2)13(17)14(15,18-3)12-7-5-6-11(8-12)9-16/h5-10,13,17H,4,15H2,1-3H3/t10?,13-,14-/m0/s1. The van der Waals surface area contributed by atoms with Crippen molar-refractivity contribution in [2.24, 2.45) is 11.7 Å². The minimum atomic E-state index is -1.30. The first kappa shape index (κ1) is 14.8. The summed E-state index contributed by atoms with van der Waals surface area (Å²) in [5.74, 6) is -0.00478. The molecule has 1 rings (SSSR count). The van der Waals surface area contributed by atoms with E-state index in [0.717, 1.165) is 12.7 Å². The van der Waals surface area contributed by atoms with E-state index in [0.29, 0.717) is 11.1 Å². The number of nitrogens with two attached hydrogens (primary N) is 1. The highest BCUT2D eigenvalue weighted by Gasteiger charge is 2.38. The summed E-state index contributed by atoms with van der Waals surface area (Å²) in [4.78, 5) is 10.8. The Labute approximate surface area is 108 Å². The number of aliphatic hydroxyl groups is 1. The molecule has 0 aliphatic heterocycles. The van der Waals surface area contributed by atoms with Crippen LogP contribution in [0, 0.1) is 5.92 Å². The normalized spacial score (nSPS) is 17.8. The van der Waals surface area contributed by atoms with Crippen LogP contribution in [-0.4, -0.2) is 24.6 Å². The molecule has 1 aromatic carbocycles. The molecule has 0 fully saturated rings. The van der Waals surface area contributed by atoms with E-state index in [-0.39, 0.29) is 5.92 Å². The fourth-order valence-electron chi connectivity index (χ4n) is 1.91. The van der Waals surface area contributed by atoms with Crippen molar-refractivity contribution in [2.75, 3.05) is 7.11 Å². The van der Waals surface area contributed by atoms with Crippen LogP contribution in [0.4, 0.5) is 0 Å². The highest BCUT2D eigenvalue weighted by Crippen LogP contribution is 2.29. The number of ether oxygens (including phenoxy) is 1. The van der Waals surface area contributed by atoms with Crippen molar-refractivity contribution >= 4 is 6.29 Å². The summed E-state index contributed by atoms with van der Waals surface area (Å²) in [7, 11) is 1.46. The van der Waals surface area contributed by atoms with Crippen LogP contribution in [0.3, 0.4) is 0 Å². The van der Waals surface area contributed by atoms with Gasteiger partial charge in [0.25, 0.3) is 0 Å². The average molecular weight is 251 g/mol. The van der Waals surface area contributed by atoms with Crippen molar-refractivity contribution in [2.45, 2.75) is 32.1 Å². The maximum absolute atomic E-state index is 10.8. The number of rotatable bonds is 6. The van der Waals surface area contributed by atoms with E-state index in [4.69, 9.17) is 10.5 Å². The SMILES string of the molecule is CCC(C)[C@H](O)[C@@](N)(OC)c1cccc(C=O)c1. The van der Waals surface area contributed by atoms with Gasteiger partial charge < -0.3 is 9.84 Å². The highest BCUT2D eigenvalue weighted by atomic mass is 16.5. The van der Waals surface area contributed by atoms with Crippen molar-refractivity contribution in [3.8, 4) is 0 Å². The van der Waals surface area contributed by atoms with Gasteiger partial charge in [-0.3, -0.25) is 10.5 Å². The summed E-state index contributed by atoms with van der Waals surface area (Å²) >= 11 is 0. The molecular formula is C14H21NO3. The molecule has 3 atom stereocenters. The summed E-state index contributed by atoms with van der Waals surface area (Å²) in [5, 5.41) is 10.3. The molecule has 1 aromatic rings. The van der Waals surface area contributed by atoms with Gasteiger partial charge in [-0.05, 0) is 12.0 Å². The number of aliphatic hydroxyl groups excluding tert-OH is 1. The lowest BCUT2D eigenvalue weighted by Crippen LogP contribution is -2.52. The zero-order chi connectivity index (χ0) is 13.8. The van der Waals surface area contributed by atoms with Gasteiger partial charge in [0.05, 0.1) is 0 Å². The molecule has 0 aliphatic rings. The second-order valence-electron chi connectivity index (χ2n) is 4.57. The van der Waals surface area contributed by atoms with Gasteiger partial charge in [0, 0.05) is 18.2 Å². The molecule has 4 nitrogen and oxygen atoms in total. The molecule has 0 saturated carbocycles. The topological polar surface area (TPSA) is 72.6 Å². The van der Waals surface area contributed by atoms with Crippen LogP contribution in [-0.2, 0) is 10.5 Å². The predicted molar refractivity (Wildman–Crippen MR) is 70.2 cm³/mol. The number of aldehydes is 1. The van der Waals surface area contributed by atoms with Crippen LogP contribution >= 0.6 is 0 Å². The Morgan fingerprint density at radius 1 is 1.56 bits per heavy atom. The number of hydrogen-bond donors (Lipinski definition) is 2. The molecule has 0 aromatic heterocycles. The summed E-state index contributed by atoms with van der Waals surface area (Å²) < 4.78 is 5.32. The number of methoxy groups -OCH3 is 1. The van der Waals surface area contributed by atoms with Crippen molar-refractivity contribution in [1.29, 1.82) is 0 Å². The van der Waals surface area contributed by atoms with Gasteiger partial charge in [-0.25, -0.2) is 0 Å². The van der Waals surface area contributed by atoms with E-state index in [2.05, 4.69) is 0 Å². The Balaban J connectivity index is 3.16. The lowest BCUT2D eigenvalue weighted by Gasteiger charge is -2.36. The highest BCUT2D eigenvalue weighted by molar-refractivity contribution is 5.75. The second kappa shape index (κ2) is 6.09. The molecule has 100 valence electrons. The maximum atomic E-state index is 10.8. The quantitative estimate of drug-likeness (QED) is 0.596. The largest absolute Gasteiger partial charge is 0.388 e. The van der Waals surface area contributed by atoms with Crippen LogP contribution in [0.2, 0.25) is 0 Å². The smallest absolute Gasteiger partial charge is 0.168 e. The van der Waals surface area contributed by atoms with Gasteiger partial charge in [-0.1, -0.05) is 38.5 Å². The Bertz CT molecular complexity index is 408. The van der Waals surface area contributed by atoms with E-state index in [1.54, 1.807) is 24.3 Å². The molecule has 4 heteroatoms. The molecule has 0 amide bonds. The minimum absolute atomic E-state index is 0.00478. The van der Waals surface area contributed by atoms with Crippen LogP contribution in [0.5, 0.6) is 0 Å². The fourth-order valence-corrected chi connectivity index (χ4v) is 1.91. The first-order valence-corrected chi connectivity index (χ1v) is 6.07. The van der Waals surface area contributed by atoms with E-state index in [1.807, 2.05) is 13.8 Å². The summed E-state index contributed by atoms with van der Waals surface area (Å²) in [6.45, 7) is 3.89. The Kier molecular flexibility index (Phi) is 5.02. The van der Waals surface area contributed by atoms with Crippen molar-refractivity contribution < 1.29 is 14.6 Å². The zero-order valence-corrected chi connectivity index (χ0v) is 11.1. The first-order valence-electron chi connectivity index (χ1n) is 6.07. The molecule has 0 aliphatic carbocycles. The number of carbonyl (C=O) groups is 1. The van der Waals surface area contributed by atoms with Crippen molar-refractivity contribution in [3.05, 3.63) is 35.4 Å². The lowest BCUT2D eigenvalue weighted by molar-refractivity contribution is -0.125. The van der Waals surface area contributed by atoms with E-state index >= 15 is 0 Å². The summed E-state index contributed by atoms with van der Waals surface area (Å²) in [5.41, 5.74) is 5.99. The molecule has 0 radical (unpaired) electrons. The van der Waals surface area contributed by atoms with Gasteiger partial charge in [0.15, 0.2) is 5.72 Å². The monoisotopic (exact) mass is 251 g/mol. The van der Waals surface area contributed by atoms with E-state index < -0.39 is 11.8 Å². The third-order valence-corrected chi connectivity index (χ3v) is 3.43. The summed E-state index contributed by atoms with van der Waals surface area (Å²) in [6, 6.07) is 6.80. The van der Waals surface area contributed by atoms with Gasteiger partial charge in [-0.2, -0.15) is 0 Å². The second-order valence-corrected chi connectivity index (χ2v) is 4.57. The molecule has 18 heavy (non-hydrogen) atoms. The molecule has 3 N–H and O–H groups in total. The molecule has 0 bridgehead atoms. The fraction of sp³-hybridized carbons (Fsp3) is 0.500. The molecule has 1 unspecified atom stereocenters. The Hall–Kier alpha value is -1.23. The third-order valence-electron chi connectivity index (χ3n) is 3.43. The average Bonchev–Trinajstić information content (AvgIpc) is 2.44. The van der Waals surface area contributed by atoms with Crippen LogP contribution in [0.1, 0.15) is 36.2 Å². The maximum Gasteiger partial charge on any atom is 0.168 e. The molecule has 0 heterocycles. The Morgan fingerprint density at radius 3 is 2.72 bits per heavy atom. The molecule has 0 saturated heterocycles. The molecular weight excluding hydrogens is 230 g/mol. The van der Waals surface area contributed by atoms with Crippen molar-refractivity contribution in [3.63, 3.8) is 0 Å². The number of hydrogen-bond acceptors (Lipinski definition) is 4. The zero-order valence-electron chi connectivity index (χ0n) is 11.1. The van der Waals surface area contributed by atoms with Crippen LogP contribution in [0.15, 0.2) is 24.3 Å². The van der Waals surface area contributed by atoms with Gasteiger partial charge in [0.1, 0.15) is 12.4 Å². The van der Waals surface area contributed by atoms with Crippen LogP contribution < -0.4 is 5.73 Å². The number of benzene rings is 1. The van der Waals surface area contributed by atoms with Crippen molar-refractivity contribution in [1.82, 2.24) is 0 Å². The van der Waals surface area contributed by atoms with Gasteiger partial charge in [-0.15, -0.1) is 0 Å². The number of carbonyl (C=O) groups excluding carboxylic acids is 1. The van der Waals surface area contributed by atoms with E-state index in [9.17, 15) is 9.90 Å². The third kappa shape index (κ3) is 2.77. The van der Waals surface area contributed by atoms with Crippen LogP contribution in [0.25, 0.3) is 0 Å². The lowest BCUT2D eigenvalue weighted by atomic mass is 9.87. The minimum Gasteiger partial charge on any atom is -0.388 e. The van der Waals surface area contributed by atoms with E-state index in [1.165, 1.54) is 7.11 Å². The van der Waals surface area contributed by atoms with Gasteiger partial charge >= 0.3 is 0 Å². The first-order chi connectivity index (χ1) is 8.49. The summed E-state index contributed by atoms with van der Waals surface area (Å²) in [6.07, 6.45) is 0.695. The van der Waals surface area contributed by atoms with Gasteiger partial charge in [0.2, 0.25) is 0 Å². The predicted octanol–water partition coefficient (Wildman–Crippen LogP) is 1.66. The Morgan fingerprint density at radius 2 is 2.22 bits per heavy atom. The molecule has 0 spiro atoms.